The first-order valence-corrected chi connectivity index (χ1v) is 6.68. The van der Waals surface area contributed by atoms with Gasteiger partial charge >= 0.3 is 0 Å². The van der Waals surface area contributed by atoms with Crippen molar-refractivity contribution in [1.29, 1.82) is 0 Å². The van der Waals surface area contributed by atoms with Crippen LogP contribution in [0.3, 0.4) is 0 Å². The normalized spacial score (nSPS) is 15.2. The highest BCUT2D eigenvalue weighted by atomic mass is 16.2. The van der Waals surface area contributed by atoms with Crippen molar-refractivity contribution in [3.8, 4) is 0 Å². The van der Waals surface area contributed by atoms with Gasteiger partial charge in [0.25, 0.3) is 0 Å². The average molecular weight is 254 g/mol. The van der Waals surface area contributed by atoms with Crippen molar-refractivity contribution in [2.24, 2.45) is 0 Å². The van der Waals surface area contributed by atoms with Crippen LogP contribution in [0.5, 0.6) is 0 Å². The molecule has 1 aliphatic rings. The van der Waals surface area contributed by atoms with Crippen molar-refractivity contribution >= 4 is 16.7 Å². The minimum Gasteiger partial charge on any atom is -0.340 e. The van der Waals surface area contributed by atoms with Crippen LogP contribution in [0.15, 0.2) is 42.5 Å². The molecule has 3 heteroatoms. The first kappa shape index (κ1) is 12.2. The Morgan fingerprint density at radius 1 is 1.21 bits per heavy atom. The Bertz CT molecular complexity index is 604. The summed E-state index contributed by atoms with van der Waals surface area (Å²) in [6.45, 7) is 1.83. The van der Waals surface area contributed by atoms with Gasteiger partial charge in [-0.15, -0.1) is 0 Å². The van der Waals surface area contributed by atoms with Crippen LogP contribution in [-0.2, 0) is 11.2 Å². The molecule has 3 rings (SSSR count). The van der Waals surface area contributed by atoms with Crippen LogP contribution in [0.2, 0.25) is 0 Å². The van der Waals surface area contributed by atoms with Gasteiger partial charge < -0.3 is 10.2 Å². The van der Waals surface area contributed by atoms with E-state index in [1.54, 1.807) is 0 Å². The van der Waals surface area contributed by atoms with Gasteiger partial charge in [0.2, 0.25) is 5.91 Å². The largest absolute Gasteiger partial charge is 0.340 e. The number of carbonyl (C=O) groups is 1. The van der Waals surface area contributed by atoms with E-state index in [4.69, 9.17) is 0 Å². The van der Waals surface area contributed by atoms with Gasteiger partial charge in [-0.05, 0) is 16.3 Å². The zero-order valence-corrected chi connectivity index (χ0v) is 11.1. The molecule has 0 atom stereocenters. The van der Waals surface area contributed by atoms with Gasteiger partial charge in [-0.1, -0.05) is 42.5 Å². The van der Waals surface area contributed by atoms with Gasteiger partial charge in [0.1, 0.15) is 0 Å². The molecule has 0 spiro atoms. The van der Waals surface area contributed by atoms with Gasteiger partial charge in [0.15, 0.2) is 0 Å². The van der Waals surface area contributed by atoms with Crippen molar-refractivity contribution in [1.82, 2.24) is 10.2 Å². The third-order valence-electron chi connectivity index (χ3n) is 3.87. The molecule has 1 fully saturated rings. The summed E-state index contributed by atoms with van der Waals surface area (Å²) < 4.78 is 0. The van der Waals surface area contributed by atoms with E-state index in [1.165, 1.54) is 10.8 Å². The fraction of sp³-hybridized carbons (Fsp3) is 0.312. The minimum absolute atomic E-state index is 0.196. The number of carbonyl (C=O) groups excluding carboxylic acids is 1. The number of nitrogens with zero attached hydrogens (tertiary/aromatic N) is 1. The number of nitrogens with one attached hydrogen (secondary N) is 1. The summed E-state index contributed by atoms with van der Waals surface area (Å²) >= 11 is 0. The molecule has 1 amide bonds. The molecule has 0 unspecified atom stereocenters. The number of hydrogen-bond acceptors (Lipinski definition) is 2. The zero-order chi connectivity index (χ0) is 13.2. The number of likely N-dealkylation sites (N-methyl/N-ethyl adjacent to an activating group) is 1. The lowest BCUT2D eigenvalue weighted by Gasteiger charge is -2.35. The van der Waals surface area contributed by atoms with Crippen molar-refractivity contribution in [3.05, 3.63) is 48.0 Å². The molecular weight excluding hydrogens is 236 g/mol. The monoisotopic (exact) mass is 254 g/mol. The van der Waals surface area contributed by atoms with Gasteiger partial charge in [-0.3, -0.25) is 4.79 Å². The fourth-order valence-electron chi connectivity index (χ4n) is 2.40. The van der Waals surface area contributed by atoms with E-state index in [0.717, 1.165) is 18.7 Å². The summed E-state index contributed by atoms with van der Waals surface area (Å²) in [6, 6.07) is 14.9. The zero-order valence-electron chi connectivity index (χ0n) is 11.1. The smallest absolute Gasteiger partial charge is 0.227 e. The van der Waals surface area contributed by atoms with E-state index in [-0.39, 0.29) is 5.91 Å². The molecule has 1 heterocycles. The van der Waals surface area contributed by atoms with Crippen LogP contribution in [0.1, 0.15) is 5.56 Å². The number of benzene rings is 2. The molecule has 0 bridgehead atoms. The highest BCUT2D eigenvalue weighted by Crippen LogP contribution is 2.16. The predicted molar refractivity (Wildman–Crippen MR) is 77.1 cm³/mol. The first-order valence-electron chi connectivity index (χ1n) is 6.68. The number of fused-ring (bicyclic) bond motifs is 1. The summed E-state index contributed by atoms with van der Waals surface area (Å²) in [5.74, 6) is 0.196. The van der Waals surface area contributed by atoms with Crippen LogP contribution in [0.25, 0.3) is 10.8 Å². The molecule has 0 saturated carbocycles. The van der Waals surface area contributed by atoms with E-state index in [0.29, 0.717) is 12.5 Å². The molecule has 1 aliphatic heterocycles. The Balaban J connectivity index is 1.75. The molecule has 2 aromatic rings. The quantitative estimate of drug-likeness (QED) is 0.906. The van der Waals surface area contributed by atoms with Crippen LogP contribution in [0, 0.1) is 0 Å². The van der Waals surface area contributed by atoms with E-state index in [2.05, 4.69) is 29.6 Å². The predicted octanol–water partition coefficient (Wildman–Crippen LogP) is 1.81. The van der Waals surface area contributed by atoms with E-state index >= 15 is 0 Å². The van der Waals surface area contributed by atoms with Crippen molar-refractivity contribution in [3.63, 3.8) is 0 Å². The molecule has 3 nitrogen and oxygen atoms in total. The van der Waals surface area contributed by atoms with Gasteiger partial charge in [0.05, 0.1) is 12.5 Å². The summed E-state index contributed by atoms with van der Waals surface area (Å²) in [5, 5.41) is 5.60. The highest BCUT2D eigenvalue weighted by molar-refractivity contribution is 5.85. The van der Waals surface area contributed by atoms with Gasteiger partial charge in [-0.2, -0.15) is 0 Å². The number of rotatable bonds is 3. The Hall–Kier alpha value is -1.87. The summed E-state index contributed by atoms with van der Waals surface area (Å²) in [7, 11) is 1.90. The third-order valence-corrected chi connectivity index (χ3v) is 3.87. The summed E-state index contributed by atoms with van der Waals surface area (Å²) in [5.41, 5.74) is 1.09. The fourth-order valence-corrected chi connectivity index (χ4v) is 2.40. The number of hydrogen-bond donors (Lipinski definition) is 1. The number of amides is 1. The second kappa shape index (κ2) is 5.02. The summed E-state index contributed by atoms with van der Waals surface area (Å²) in [4.78, 5) is 14.0. The lowest BCUT2D eigenvalue weighted by atomic mass is 10.0. The Labute approximate surface area is 113 Å². The molecular formula is C16H18N2O. The Morgan fingerprint density at radius 2 is 1.95 bits per heavy atom. The van der Waals surface area contributed by atoms with E-state index in [1.807, 2.05) is 30.1 Å². The van der Waals surface area contributed by atoms with Crippen LogP contribution >= 0.6 is 0 Å². The molecule has 1 saturated heterocycles. The topological polar surface area (TPSA) is 32.3 Å². The maximum absolute atomic E-state index is 12.2. The van der Waals surface area contributed by atoms with Gasteiger partial charge in [0, 0.05) is 20.1 Å². The van der Waals surface area contributed by atoms with Crippen molar-refractivity contribution in [2.75, 3.05) is 20.1 Å². The van der Waals surface area contributed by atoms with Gasteiger partial charge in [-0.25, -0.2) is 0 Å². The standard InChI is InChI=1S/C16H18N2O/c1-18(15-10-17-11-15)16(19)9-12-6-7-13-4-2-3-5-14(13)8-12/h2-8,15,17H,9-11H2,1H3. The summed E-state index contributed by atoms with van der Waals surface area (Å²) in [6.07, 6.45) is 0.484. The molecule has 0 radical (unpaired) electrons. The first-order chi connectivity index (χ1) is 9.24. The van der Waals surface area contributed by atoms with Crippen LogP contribution < -0.4 is 5.32 Å². The maximum atomic E-state index is 12.2. The lowest BCUT2D eigenvalue weighted by molar-refractivity contribution is -0.132. The van der Waals surface area contributed by atoms with Crippen LogP contribution in [0.4, 0.5) is 0 Å². The van der Waals surface area contributed by atoms with E-state index < -0.39 is 0 Å². The molecule has 0 aromatic heterocycles. The molecule has 1 N–H and O–H groups in total. The second-order valence-electron chi connectivity index (χ2n) is 5.17. The van der Waals surface area contributed by atoms with Crippen molar-refractivity contribution < 1.29 is 4.79 Å². The molecule has 2 aromatic carbocycles. The molecule has 19 heavy (non-hydrogen) atoms. The van der Waals surface area contributed by atoms with Crippen molar-refractivity contribution in [2.45, 2.75) is 12.5 Å². The third kappa shape index (κ3) is 2.47. The minimum atomic E-state index is 0.196. The Kier molecular flexibility index (Phi) is 3.22. The average Bonchev–Trinajstić information content (AvgIpc) is 2.36. The second-order valence-corrected chi connectivity index (χ2v) is 5.17. The van der Waals surface area contributed by atoms with E-state index in [9.17, 15) is 4.79 Å². The highest BCUT2D eigenvalue weighted by Gasteiger charge is 2.24. The molecule has 0 aliphatic carbocycles. The molecule has 98 valence electrons. The Morgan fingerprint density at radius 3 is 2.63 bits per heavy atom. The maximum Gasteiger partial charge on any atom is 0.227 e. The van der Waals surface area contributed by atoms with Crippen LogP contribution in [-0.4, -0.2) is 37.0 Å². The lowest BCUT2D eigenvalue weighted by Crippen LogP contribution is -2.57. The SMILES string of the molecule is CN(C(=O)Cc1ccc2ccccc2c1)C1CNC1.